The van der Waals surface area contributed by atoms with Crippen molar-refractivity contribution in [2.75, 3.05) is 33.0 Å². The number of rotatable bonds is 6. The molecular formula is C17H28IN3O3S. The third kappa shape index (κ3) is 7.10. The van der Waals surface area contributed by atoms with E-state index >= 15 is 0 Å². The minimum absolute atomic E-state index is 0. The number of guanidine groups is 1. The van der Waals surface area contributed by atoms with Crippen LogP contribution in [-0.4, -0.2) is 53.0 Å². The Hall–Kier alpha value is -0.870. The van der Waals surface area contributed by atoms with E-state index in [9.17, 15) is 8.42 Å². The zero-order chi connectivity index (χ0) is 17.6. The number of nitrogens with zero attached hydrogens (tertiary/aromatic N) is 1. The van der Waals surface area contributed by atoms with E-state index in [0.717, 1.165) is 50.5 Å². The molecule has 8 heteroatoms. The number of benzene rings is 1. The second kappa shape index (κ2) is 9.72. The van der Waals surface area contributed by atoms with Crippen LogP contribution < -0.4 is 10.6 Å². The lowest BCUT2D eigenvalue weighted by Gasteiger charge is -2.24. The Morgan fingerprint density at radius 2 is 1.96 bits per heavy atom. The SMILES string of the molecule is CN=C(NCCc1ccc(S(C)(=O)=O)cc1)NCC1(C)CCCO1.I. The standard InChI is InChI=1S/C17H27N3O3S.HI/c1-17(10-4-12-23-17)13-20-16(18-2)19-11-9-14-5-7-15(8-6-14)24(3,21)22;/h5-8H,4,9-13H2,1-3H3,(H2,18,19,20);1H. The summed E-state index contributed by atoms with van der Waals surface area (Å²) in [6, 6.07) is 7.00. The average molecular weight is 481 g/mol. The fraction of sp³-hybridized carbons (Fsp3) is 0.588. The lowest BCUT2D eigenvalue weighted by atomic mass is 10.0. The van der Waals surface area contributed by atoms with Gasteiger partial charge in [-0.1, -0.05) is 12.1 Å². The van der Waals surface area contributed by atoms with Crippen LogP contribution in [0.2, 0.25) is 0 Å². The number of hydrogen-bond donors (Lipinski definition) is 2. The monoisotopic (exact) mass is 481 g/mol. The van der Waals surface area contributed by atoms with Gasteiger partial charge in [0.2, 0.25) is 0 Å². The predicted octanol–water partition coefficient (Wildman–Crippen LogP) is 1.98. The summed E-state index contributed by atoms with van der Waals surface area (Å²) in [6.45, 7) is 4.39. The Kier molecular flexibility index (Phi) is 8.62. The molecule has 1 saturated heterocycles. The summed E-state index contributed by atoms with van der Waals surface area (Å²) in [5.74, 6) is 0.750. The van der Waals surface area contributed by atoms with Crippen LogP contribution in [0.1, 0.15) is 25.3 Å². The summed E-state index contributed by atoms with van der Waals surface area (Å²) in [6.07, 6.45) is 4.17. The highest BCUT2D eigenvalue weighted by Gasteiger charge is 2.29. The highest BCUT2D eigenvalue weighted by molar-refractivity contribution is 14.0. The van der Waals surface area contributed by atoms with Crippen molar-refractivity contribution >= 4 is 39.8 Å². The van der Waals surface area contributed by atoms with E-state index in [1.54, 1.807) is 19.2 Å². The van der Waals surface area contributed by atoms with Crippen LogP contribution >= 0.6 is 24.0 Å². The second-order valence-corrected chi connectivity index (χ2v) is 8.44. The first-order chi connectivity index (χ1) is 11.3. The molecule has 0 aliphatic carbocycles. The van der Waals surface area contributed by atoms with Gasteiger partial charge in [-0.15, -0.1) is 24.0 Å². The van der Waals surface area contributed by atoms with E-state index in [0.29, 0.717) is 4.90 Å². The van der Waals surface area contributed by atoms with E-state index in [1.807, 2.05) is 12.1 Å². The van der Waals surface area contributed by atoms with Crippen molar-refractivity contribution in [3.8, 4) is 0 Å². The molecule has 1 atom stereocenters. The lowest BCUT2D eigenvalue weighted by molar-refractivity contribution is 0.0243. The van der Waals surface area contributed by atoms with Gasteiger partial charge in [0.15, 0.2) is 15.8 Å². The van der Waals surface area contributed by atoms with Gasteiger partial charge in [-0.3, -0.25) is 4.99 Å². The summed E-state index contributed by atoms with van der Waals surface area (Å²) in [7, 11) is -1.39. The molecular weight excluding hydrogens is 453 g/mol. The minimum Gasteiger partial charge on any atom is -0.373 e. The molecule has 0 bridgehead atoms. The van der Waals surface area contributed by atoms with Gasteiger partial charge in [0.05, 0.1) is 10.5 Å². The first-order valence-electron chi connectivity index (χ1n) is 8.20. The molecule has 25 heavy (non-hydrogen) atoms. The lowest BCUT2D eigenvalue weighted by Crippen LogP contribution is -2.45. The van der Waals surface area contributed by atoms with Crippen LogP contribution in [-0.2, 0) is 21.0 Å². The maximum absolute atomic E-state index is 11.4. The zero-order valence-electron chi connectivity index (χ0n) is 15.0. The quantitative estimate of drug-likeness (QED) is 0.369. The second-order valence-electron chi connectivity index (χ2n) is 6.42. The van der Waals surface area contributed by atoms with Crippen LogP contribution in [0, 0.1) is 0 Å². The van der Waals surface area contributed by atoms with Gasteiger partial charge in [0.1, 0.15) is 0 Å². The van der Waals surface area contributed by atoms with Crippen LogP contribution in [0.3, 0.4) is 0 Å². The average Bonchev–Trinajstić information content (AvgIpc) is 2.97. The smallest absolute Gasteiger partial charge is 0.191 e. The minimum atomic E-state index is -3.14. The third-order valence-electron chi connectivity index (χ3n) is 4.21. The van der Waals surface area contributed by atoms with Gasteiger partial charge < -0.3 is 15.4 Å². The summed E-state index contributed by atoms with van der Waals surface area (Å²) in [4.78, 5) is 4.57. The molecule has 142 valence electrons. The largest absolute Gasteiger partial charge is 0.373 e. The molecule has 6 nitrogen and oxygen atoms in total. The third-order valence-corrected chi connectivity index (χ3v) is 5.34. The zero-order valence-corrected chi connectivity index (χ0v) is 18.2. The van der Waals surface area contributed by atoms with Crippen molar-refractivity contribution in [3.63, 3.8) is 0 Å². The maximum atomic E-state index is 11.4. The fourth-order valence-electron chi connectivity index (χ4n) is 2.70. The van der Waals surface area contributed by atoms with Gasteiger partial charge in [-0.25, -0.2) is 8.42 Å². The maximum Gasteiger partial charge on any atom is 0.191 e. The van der Waals surface area contributed by atoms with E-state index in [1.165, 1.54) is 6.26 Å². The number of halogens is 1. The van der Waals surface area contributed by atoms with Crippen LogP contribution in [0.25, 0.3) is 0 Å². The van der Waals surface area contributed by atoms with Crippen molar-refractivity contribution in [2.24, 2.45) is 4.99 Å². The Labute approximate surface area is 167 Å². The first kappa shape index (κ1) is 22.2. The van der Waals surface area contributed by atoms with Crippen molar-refractivity contribution in [1.82, 2.24) is 10.6 Å². The molecule has 0 radical (unpaired) electrons. The van der Waals surface area contributed by atoms with Crippen molar-refractivity contribution < 1.29 is 13.2 Å². The van der Waals surface area contributed by atoms with Crippen LogP contribution in [0.15, 0.2) is 34.2 Å². The molecule has 0 spiro atoms. The molecule has 1 aromatic carbocycles. The molecule has 1 aromatic rings. The van der Waals surface area contributed by atoms with E-state index in [4.69, 9.17) is 4.74 Å². The molecule has 0 amide bonds. The molecule has 2 N–H and O–H groups in total. The highest BCUT2D eigenvalue weighted by Crippen LogP contribution is 2.23. The highest BCUT2D eigenvalue weighted by atomic mass is 127. The van der Waals surface area contributed by atoms with Crippen molar-refractivity contribution in [1.29, 1.82) is 0 Å². The van der Waals surface area contributed by atoms with Gasteiger partial charge >= 0.3 is 0 Å². The molecule has 2 rings (SSSR count). The fourth-order valence-corrected chi connectivity index (χ4v) is 3.33. The molecule has 1 aliphatic rings. The van der Waals surface area contributed by atoms with Gasteiger partial charge in [0.25, 0.3) is 0 Å². The summed E-state index contributed by atoms with van der Waals surface area (Å²) in [5, 5.41) is 6.57. The Morgan fingerprint density at radius 1 is 1.28 bits per heavy atom. The summed E-state index contributed by atoms with van der Waals surface area (Å²) >= 11 is 0. The van der Waals surface area contributed by atoms with Crippen LogP contribution in [0.5, 0.6) is 0 Å². The first-order valence-corrected chi connectivity index (χ1v) is 10.1. The number of hydrogen-bond acceptors (Lipinski definition) is 4. The normalized spacial score (nSPS) is 20.8. The van der Waals surface area contributed by atoms with E-state index in [-0.39, 0.29) is 29.6 Å². The van der Waals surface area contributed by atoms with Crippen LogP contribution in [0.4, 0.5) is 0 Å². The van der Waals surface area contributed by atoms with Crippen molar-refractivity contribution in [2.45, 2.75) is 36.7 Å². The molecule has 1 unspecified atom stereocenters. The Bertz CT molecular complexity index is 669. The summed E-state index contributed by atoms with van der Waals surface area (Å²) < 4.78 is 28.6. The Balaban J connectivity index is 0.00000312. The molecule has 1 heterocycles. The summed E-state index contributed by atoms with van der Waals surface area (Å²) in [5.41, 5.74) is 0.968. The predicted molar refractivity (Wildman–Crippen MR) is 112 cm³/mol. The Morgan fingerprint density at radius 3 is 2.48 bits per heavy atom. The van der Waals surface area contributed by atoms with Gasteiger partial charge in [-0.2, -0.15) is 0 Å². The number of nitrogens with one attached hydrogen (secondary N) is 2. The number of aliphatic imine (C=N–C) groups is 1. The molecule has 0 aromatic heterocycles. The van der Waals surface area contributed by atoms with E-state index < -0.39 is 9.84 Å². The number of ether oxygens (including phenoxy) is 1. The van der Waals surface area contributed by atoms with E-state index in [2.05, 4.69) is 22.5 Å². The molecule has 0 saturated carbocycles. The molecule has 1 fully saturated rings. The molecule has 1 aliphatic heterocycles. The number of sulfone groups is 1. The van der Waals surface area contributed by atoms with Crippen molar-refractivity contribution in [3.05, 3.63) is 29.8 Å². The van der Waals surface area contributed by atoms with Gasteiger partial charge in [-0.05, 0) is 43.9 Å². The van der Waals surface area contributed by atoms with Gasteiger partial charge in [0, 0.05) is 33.0 Å². The topological polar surface area (TPSA) is 79.8 Å².